The molecule has 0 saturated heterocycles. The highest BCUT2D eigenvalue weighted by Gasteiger charge is 2.09. The molecule has 1 nitrogen and oxygen atoms in total. The van der Waals surface area contributed by atoms with Gasteiger partial charge in [-0.1, -0.05) is 102 Å². The maximum absolute atomic E-state index is 2.36. The van der Waals surface area contributed by atoms with Crippen molar-refractivity contribution in [3.8, 4) is 0 Å². The number of halogens is 1. The molecule has 0 aromatic carbocycles. The van der Waals surface area contributed by atoms with Gasteiger partial charge in [0.2, 0.25) is 5.51 Å². The minimum Gasteiger partial charge on any atom is -1.00 e. The predicted octanol–water partition coefficient (Wildman–Crippen LogP) is 4.64. The monoisotopic (exact) mass is 463 g/mol. The van der Waals surface area contributed by atoms with Crippen LogP contribution in [0, 0.1) is 0 Å². The first-order valence-electron chi connectivity index (χ1n) is 10.9. The van der Waals surface area contributed by atoms with Gasteiger partial charge >= 0.3 is 0 Å². The van der Waals surface area contributed by atoms with Crippen LogP contribution in [-0.4, -0.2) is 11.0 Å². The number of hydrogen-bond donors (Lipinski definition) is 0. The van der Waals surface area contributed by atoms with Gasteiger partial charge < -0.3 is 17.0 Å². The molecule has 1 atom stereocenters. The molecule has 154 valence electrons. The molecular weight excluding hydrogens is 422 g/mol. The lowest BCUT2D eigenvalue weighted by molar-refractivity contribution is -0.691. The van der Waals surface area contributed by atoms with Crippen LogP contribution in [0.15, 0.2) is 17.1 Å². The highest BCUT2D eigenvalue weighted by Crippen LogP contribution is 2.16. The number of aromatic nitrogens is 1. The fourth-order valence-electron chi connectivity index (χ4n) is 3.30. The first-order chi connectivity index (χ1) is 12.3. The van der Waals surface area contributed by atoms with Gasteiger partial charge in [0.1, 0.15) is 0 Å². The summed E-state index contributed by atoms with van der Waals surface area (Å²) in [7, 11) is 0. The predicted molar refractivity (Wildman–Crippen MR) is 117 cm³/mol. The lowest BCUT2D eigenvalue weighted by atomic mass is 10.0. The molecule has 26 heavy (non-hydrogen) atoms. The summed E-state index contributed by atoms with van der Waals surface area (Å²) in [5.41, 5.74) is 2.21. The third-order valence-corrected chi connectivity index (χ3v) is 6.81. The quantitative estimate of drug-likeness (QED) is 0.226. The number of rotatable bonds is 18. The minimum atomic E-state index is 0. The van der Waals surface area contributed by atoms with E-state index < -0.39 is 0 Å². The molecule has 1 unspecified atom stereocenters. The van der Waals surface area contributed by atoms with Gasteiger partial charge in [0.25, 0.3) is 0 Å². The van der Waals surface area contributed by atoms with Gasteiger partial charge in [0, 0.05) is 0 Å². The van der Waals surface area contributed by atoms with Gasteiger partial charge in [0.15, 0.2) is 12.7 Å². The van der Waals surface area contributed by atoms with E-state index in [-0.39, 0.29) is 17.0 Å². The molecule has 0 spiro atoms. The summed E-state index contributed by atoms with van der Waals surface area (Å²) in [5.74, 6) is 1.34. The summed E-state index contributed by atoms with van der Waals surface area (Å²) < 4.78 is 2.31. The lowest BCUT2D eigenvalue weighted by Crippen LogP contribution is -3.00. The smallest absolute Gasteiger partial charge is 0.224 e. The van der Waals surface area contributed by atoms with Crippen molar-refractivity contribution in [3.05, 3.63) is 17.1 Å². The van der Waals surface area contributed by atoms with E-state index in [1.807, 2.05) is 0 Å². The van der Waals surface area contributed by atoms with E-state index >= 15 is 0 Å². The maximum atomic E-state index is 2.36. The normalized spacial score (nSPS) is 12.1. The lowest BCUT2D eigenvalue weighted by Gasteiger charge is -2.07. The van der Waals surface area contributed by atoms with Crippen molar-refractivity contribution in [2.75, 3.05) is 5.75 Å². The molecule has 1 rings (SSSR count). The molecule has 0 radical (unpaired) electrons. The summed E-state index contributed by atoms with van der Waals surface area (Å²) in [6, 6.07) is 0. The van der Waals surface area contributed by atoms with Gasteiger partial charge in [-0.2, -0.15) is 16.3 Å². The van der Waals surface area contributed by atoms with E-state index in [2.05, 4.69) is 47.3 Å². The molecule has 1 aromatic rings. The second-order valence-corrected chi connectivity index (χ2v) is 9.80. The van der Waals surface area contributed by atoms with Gasteiger partial charge in [-0.25, -0.2) is 0 Å². The first kappa shape index (κ1) is 26.5. The van der Waals surface area contributed by atoms with E-state index in [0.717, 1.165) is 11.8 Å². The number of hydrogen-bond acceptors (Lipinski definition) is 2. The Morgan fingerprint density at radius 1 is 0.808 bits per heavy atom. The zero-order chi connectivity index (χ0) is 18.0. The van der Waals surface area contributed by atoms with Crippen molar-refractivity contribution < 1.29 is 21.5 Å². The number of unbranched alkanes of at least 4 members (excludes halogenated alkanes) is 13. The molecule has 0 amide bonds. The Morgan fingerprint density at radius 2 is 1.31 bits per heavy atom. The van der Waals surface area contributed by atoms with Crippen LogP contribution in [0.4, 0.5) is 0 Å². The molecule has 0 fully saturated rings. The van der Waals surface area contributed by atoms with Gasteiger partial charge in [-0.15, -0.1) is 0 Å². The number of nitrogens with zero attached hydrogens (tertiary/aromatic N) is 1. The van der Waals surface area contributed by atoms with Crippen LogP contribution in [0.2, 0.25) is 0 Å². The second kappa shape index (κ2) is 20.2. The Labute approximate surface area is 182 Å². The average Bonchev–Trinajstić information content (AvgIpc) is 3.11. The Morgan fingerprint density at radius 3 is 1.77 bits per heavy atom. The summed E-state index contributed by atoms with van der Waals surface area (Å²) in [6.07, 6.45) is 22.5. The molecule has 0 aliphatic rings. The number of thiazole rings is 1. The van der Waals surface area contributed by atoms with Gasteiger partial charge in [-0.05, 0) is 19.1 Å². The van der Waals surface area contributed by atoms with Crippen molar-refractivity contribution in [2.45, 2.75) is 116 Å². The highest BCUT2D eigenvalue weighted by atomic mass is 79.9. The molecule has 4 heteroatoms. The van der Waals surface area contributed by atoms with Gasteiger partial charge in [0.05, 0.1) is 10.6 Å². The summed E-state index contributed by atoms with van der Waals surface area (Å²) in [6.45, 7) is 5.82. The Kier molecular flexibility index (Phi) is 20.6. The standard InChI is InChI=1S/C22H42NS2.BrH/c1-3-4-5-6-7-8-9-10-11-12-13-14-15-16-18-25-22(2)20-23-17-19-24-21-23;/h17,19,21-22H,3-16,18,20H2,1-2H3;1H/q+1;/p-1. The van der Waals surface area contributed by atoms with E-state index in [1.165, 1.54) is 95.6 Å². The largest absolute Gasteiger partial charge is 1.00 e. The second-order valence-electron chi connectivity index (χ2n) is 7.50. The third kappa shape index (κ3) is 16.6. The maximum Gasteiger partial charge on any atom is 0.224 e. The van der Waals surface area contributed by atoms with Gasteiger partial charge in [-0.3, -0.25) is 0 Å². The summed E-state index contributed by atoms with van der Waals surface area (Å²) in [4.78, 5) is 0. The van der Waals surface area contributed by atoms with Crippen LogP contribution in [0.5, 0.6) is 0 Å². The van der Waals surface area contributed by atoms with Crippen LogP contribution in [-0.2, 0) is 6.54 Å². The SMILES string of the molecule is CCCCCCCCCCCCCCCCSC(C)C[n+]1ccsc1.[Br-]. The molecule has 0 aliphatic heterocycles. The van der Waals surface area contributed by atoms with Crippen molar-refractivity contribution in [3.63, 3.8) is 0 Å². The van der Waals surface area contributed by atoms with E-state index in [1.54, 1.807) is 11.3 Å². The van der Waals surface area contributed by atoms with Crippen LogP contribution >= 0.6 is 23.1 Å². The Hall–Kier alpha value is 0.460. The van der Waals surface area contributed by atoms with Crippen LogP contribution in [0.25, 0.3) is 0 Å². The minimum absolute atomic E-state index is 0. The molecule has 1 aromatic heterocycles. The topological polar surface area (TPSA) is 3.88 Å². The highest BCUT2D eigenvalue weighted by molar-refractivity contribution is 7.99. The van der Waals surface area contributed by atoms with Crippen LogP contribution in [0.3, 0.4) is 0 Å². The third-order valence-electron chi connectivity index (χ3n) is 4.90. The summed E-state index contributed by atoms with van der Waals surface area (Å²) in [5, 5.41) is 2.90. The first-order valence-corrected chi connectivity index (χ1v) is 12.8. The molecule has 0 bridgehead atoms. The number of thioether (sulfide) groups is 1. The zero-order valence-corrected chi connectivity index (χ0v) is 20.5. The van der Waals surface area contributed by atoms with Crippen LogP contribution in [0.1, 0.15) is 104 Å². The van der Waals surface area contributed by atoms with E-state index in [9.17, 15) is 0 Å². The Balaban J connectivity index is 0.00000625. The van der Waals surface area contributed by atoms with Crippen molar-refractivity contribution in [2.24, 2.45) is 0 Å². The summed E-state index contributed by atoms with van der Waals surface area (Å²) >= 11 is 3.93. The van der Waals surface area contributed by atoms with Crippen molar-refractivity contribution in [1.82, 2.24) is 0 Å². The van der Waals surface area contributed by atoms with Crippen molar-refractivity contribution in [1.29, 1.82) is 0 Å². The molecule has 0 aliphatic carbocycles. The molecular formula is C22H42BrNS2. The zero-order valence-electron chi connectivity index (χ0n) is 17.3. The molecule has 0 N–H and O–H groups in total. The molecule has 1 heterocycles. The van der Waals surface area contributed by atoms with E-state index in [4.69, 9.17) is 0 Å². The average molecular weight is 465 g/mol. The Bertz CT molecular complexity index is 370. The van der Waals surface area contributed by atoms with E-state index in [0.29, 0.717) is 0 Å². The molecule has 0 saturated carbocycles. The fourth-order valence-corrected chi connectivity index (χ4v) is 4.96. The fraction of sp³-hybridized carbons (Fsp3) is 0.864. The van der Waals surface area contributed by atoms with Crippen LogP contribution < -0.4 is 21.5 Å². The van der Waals surface area contributed by atoms with Crippen molar-refractivity contribution >= 4 is 23.1 Å².